The van der Waals surface area contributed by atoms with Gasteiger partial charge in [-0.2, -0.15) is 5.26 Å². The van der Waals surface area contributed by atoms with Gasteiger partial charge in [0.1, 0.15) is 6.07 Å². The average Bonchev–Trinajstić information content (AvgIpc) is 2.16. The van der Waals surface area contributed by atoms with Gasteiger partial charge in [-0.25, -0.2) is 0 Å². The van der Waals surface area contributed by atoms with Crippen molar-refractivity contribution in [2.24, 2.45) is 0 Å². The van der Waals surface area contributed by atoms with E-state index in [4.69, 9.17) is 5.26 Å². The van der Waals surface area contributed by atoms with Crippen LogP contribution in [0.25, 0.3) is 10.8 Å². The largest absolute Gasteiger partial charge is 0.192 e. The van der Waals surface area contributed by atoms with E-state index in [1.54, 1.807) is 6.07 Å². The van der Waals surface area contributed by atoms with Crippen LogP contribution >= 0.6 is 15.9 Å². The molecule has 0 atom stereocenters. The quantitative estimate of drug-likeness (QED) is 0.682. The molecular formula is C11H5BrN. The van der Waals surface area contributed by atoms with Crippen LogP contribution in [0.15, 0.2) is 34.8 Å². The van der Waals surface area contributed by atoms with E-state index in [1.165, 1.54) is 0 Å². The molecule has 2 rings (SSSR count). The van der Waals surface area contributed by atoms with Gasteiger partial charge in [0.15, 0.2) is 0 Å². The van der Waals surface area contributed by atoms with Crippen LogP contribution in [0.2, 0.25) is 0 Å². The highest BCUT2D eigenvalue weighted by atomic mass is 79.9. The monoisotopic (exact) mass is 230 g/mol. The van der Waals surface area contributed by atoms with Crippen molar-refractivity contribution in [3.63, 3.8) is 0 Å². The molecule has 0 aliphatic heterocycles. The molecule has 0 fully saturated rings. The third kappa shape index (κ3) is 1.43. The molecule has 61 valence electrons. The van der Waals surface area contributed by atoms with Crippen LogP contribution in [-0.4, -0.2) is 0 Å². The van der Waals surface area contributed by atoms with Gasteiger partial charge in [0, 0.05) is 15.9 Å². The first-order valence-electron chi connectivity index (χ1n) is 3.81. The Hall–Kier alpha value is -1.33. The average molecular weight is 231 g/mol. The van der Waals surface area contributed by atoms with Gasteiger partial charge >= 0.3 is 0 Å². The van der Waals surface area contributed by atoms with Gasteiger partial charge in [-0.05, 0) is 17.5 Å². The van der Waals surface area contributed by atoms with Crippen LogP contribution in [0, 0.1) is 17.4 Å². The van der Waals surface area contributed by atoms with E-state index in [9.17, 15) is 0 Å². The molecular weight excluding hydrogens is 226 g/mol. The summed E-state index contributed by atoms with van der Waals surface area (Å²) in [5.74, 6) is 0. The molecule has 0 saturated carbocycles. The van der Waals surface area contributed by atoms with Crippen molar-refractivity contribution < 1.29 is 0 Å². The first kappa shape index (κ1) is 8.28. The predicted octanol–water partition coefficient (Wildman–Crippen LogP) is 3.27. The molecule has 0 heterocycles. The van der Waals surface area contributed by atoms with Gasteiger partial charge in [-0.15, -0.1) is 0 Å². The van der Waals surface area contributed by atoms with Crippen LogP contribution in [0.3, 0.4) is 0 Å². The molecule has 0 bridgehead atoms. The molecule has 0 saturated heterocycles. The summed E-state index contributed by atoms with van der Waals surface area (Å²) in [6.07, 6.45) is 0. The lowest BCUT2D eigenvalue weighted by molar-refractivity contribution is 1.50. The summed E-state index contributed by atoms with van der Waals surface area (Å²) in [5, 5.41) is 10.8. The Bertz CT molecular complexity index is 497. The molecule has 0 aliphatic carbocycles. The minimum atomic E-state index is 0.602. The summed E-state index contributed by atoms with van der Waals surface area (Å²) in [5.41, 5.74) is 0.602. The topological polar surface area (TPSA) is 23.8 Å². The fourth-order valence-electron chi connectivity index (χ4n) is 1.28. The fourth-order valence-corrected chi connectivity index (χ4v) is 1.66. The highest BCUT2D eigenvalue weighted by molar-refractivity contribution is 9.10. The molecule has 0 aliphatic rings. The summed E-state index contributed by atoms with van der Waals surface area (Å²) < 4.78 is 1.02. The van der Waals surface area contributed by atoms with Crippen LogP contribution in [0.5, 0.6) is 0 Å². The zero-order valence-corrected chi connectivity index (χ0v) is 8.30. The number of nitriles is 1. The van der Waals surface area contributed by atoms with Crippen molar-refractivity contribution in [2.75, 3.05) is 0 Å². The second kappa shape index (κ2) is 3.20. The zero-order chi connectivity index (χ0) is 9.26. The zero-order valence-electron chi connectivity index (χ0n) is 6.71. The third-order valence-electron chi connectivity index (χ3n) is 1.89. The number of benzene rings is 2. The van der Waals surface area contributed by atoms with E-state index in [1.807, 2.05) is 24.3 Å². The Morgan fingerprint density at radius 1 is 1.31 bits per heavy atom. The normalized spacial score (nSPS) is 9.85. The Kier molecular flexibility index (Phi) is 2.03. The molecule has 0 spiro atoms. The van der Waals surface area contributed by atoms with E-state index >= 15 is 0 Å². The number of hydrogen-bond acceptors (Lipinski definition) is 1. The number of nitrogens with zero attached hydrogens (tertiary/aromatic N) is 1. The lowest BCUT2D eigenvalue weighted by Crippen LogP contribution is -1.79. The van der Waals surface area contributed by atoms with E-state index < -0.39 is 0 Å². The van der Waals surface area contributed by atoms with Gasteiger partial charge in [0.05, 0.1) is 5.56 Å². The molecule has 2 heteroatoms. The molecule has 0 aromatic heterocycles. The van der Waals surface area contributed by atoms with Crippen molar-refractivity contribution in [1.29, 1.82) is 5.26 Å². The second-order valence-corrected chi connectivity index (χ2v) is 3.61. The van der Waals surface area contributed by atoms with Gasteiger partial charge < -0.3 is 0 Å². The van der Waals surface area contributed by atoms with Crippen molar-refractivity contribution in [3.05, 3.63) is 46.4 Å². The Balaban J connectivity index is 2.87. The van der Waals surface area contributed by atoms with Gasteiger partial charge in [-0.3, -0.25) is 0 Å². The van der Waals surface area contributed by atoms with Gasteiger partial charge in [0.25, 0.3) is 0 Å². The van der Waals surface area contributed by atoms with E-state index in [2.05, 4.69) is 28.1 Å². The predicted molar refractivity (Wildman–Crippen MR) is 55.2 cm³/mol. The molecule has 2 aromatic carbocycles. The van der Waals surface area contributed by atoms with E-state index in [0.29, 0.717) is 5.56 Å². The molecule has 0 unspecified atom stereocenters. The van der Waals surface area contributed by atoms with Gasteiger partial charge in [-0.1, -0.05) is 34.1 Å². The standard InChI is InChI=1S/C11H5BrN/c12-10-4-5-11-8(6-10)2-1-3-9(11)7-13/h1-2,4-6H. The lowest BCUT2D eigenvalue weighted by Gasteiger charge is -1.98. The smallest absolute Gasteiger partial charge is 0.100 e. The fraction of sp³-hybridized carbons (Fsp3) is 0. The Morgan fingerprint density at radius 2 is 2.15 bits per heavy atom. The molecule has 1 nitrogen and oxygen atoms in total. The Labute approximate surface area is 84.7 Å². The highest BCUT2D eigenvalue weighted by Gasteiger charge is 1.99. The van der Waals surface area contributed by atoms with Gasteiger partial charge in [0.2, 0.25) is 0 Å². The second-order valence-electron chi connectivity index (χ2n) is 2.70. The maximum absolute atomic E-state index is 8.81. The Morgan fingerprint density at radius 3 is 2.92 bits per heavy atom. The van der Waals surface area contributed by atoms with E-state index in [-0.39, 0.29) is 0 Å². The molecule has 0 N–H and O–H groups in total. The molecule has 1 radical (unpaired) electrons. The SMILES string of the molecule is N#Cc1[c]ccc2cc(Br)ccc12. The summed E-state index contributed by atoms with van der Waals surface area (Å²) in [6, 6.07) is 14.6. The van der Waals surface area contributed by atoms with Crippen molar-refractivity contribution in [3.8, 4) is 6.07 Å². The summed E-state index contributed by atoms with van der Waals surface area (Å²) in [4.78, 5) is 0. The number of halogens is 1. The number of fused-ring (bicyclic) bond motifs is 1. The summed E-state index contributed by atoms with van der Waals surface area (Å²) >= 11 is 3.39. The highest BCUT2D eigenvalue weighted by Crippen LogP contribution is 2.21. The maximum atomic E-state index is 8.81. The van der Waals surface area contributed by atoms with Crippen LogP contribution < -0.4 is 0 Å². The maximum Gasteiger partial charge on any atom is 0.100 e. The summed E-state index contributed by atoms with van der Waals surface area (Å²) in [7, 11) is 0. The minimum absolute atomic E-state index is 0.602. The first-order chi connectivity index (χ1) is 6.31. The summed E-state index contributed by atoms with van der Waals surface area (Å²) in [6.45, 7) is 0. The van der Waals surface area contributed by atoms with Crippen molar-refractivity contribution >= 4 is 26.7 Å². The van der Waals surface area contributed by atoms with E-state index in [0.717, 1.165) is 15.2 Å². The minimum Gasteiger partial charge on any atom is -0.192 e. The molecule has 0 amide bonds. The van der Waals surface area contributed by atoms with Crippen molar-refractivity contribution in [2.45, 2.75) is 0 Å². The first-order valence-corrected chi connectivity index (χ1v) is 4.60. The molecule has 13 heavy (non-hydrogen) atoms. The number of rotatable bonds is 0. The van der Waals surface area contributed by atoms with Crippen LogP contribution in [-0.2, 0) is 0 Å². The molecule has 2 aromatic rings. The van der Waals surface area contributed by atoms with Crippen molar-refractivity contribution in [1.82, 2.24) is 0 Å². The van der Waals surface area contributed by atoms with Crippen LogP contribution in [0.4, 0.5) is 0 Å². The van der Waals surface area contributed by atoms with Crippen LogP contribution in [0.1, 0.15) is 5.56 Å². The lowest BCUT2D eigenvalue weighted by atomic mass is 10.1. The third-order valence-corrected chi connectivity index (χ3v) is 2.38. The number of hydrogen-bond donors (Lipinski definition) is 0.